The molecule has 108 valence electrons. The Kier molecular flexibility index (Phi) is 3.43. The highest BCUT2D eigenvalue weighted by atomic mass is 79.9. The van der Waals surface area contributed by atoms with Crippen molar-refractivity contribution in [1.82, 2.24) is 9.55 Å². The van der Waals surface area contributed by atoms with Crippen LogP contribution in [0.25, 0.3) is 16.7 Å². The Bertz CT molecular complexity index is 954. The SMILES string of the molecule is C#Cc1cn(-c2ccc([N+](=O)[O-])cc2C)c2ncc(Br)cc12. The summed E-state index contributed by atoms with van der Waals surface area (Å²) in [5.74, 6) is 2.65. The zero-order valence-corrected chi connectivity index (χ0v) is 13.2. The van der Waals surface area contributed by atoms with Gasteiger partial charge >= 0.3 is 0 Å². The number of nitrogens with zero attached hydrogens (tertiary/aromatic N) is 3. The van der Waals surface area contributed by atoms with Crippen LogP contribution in [0.4, 0.5) is 5.69 Å². The third kappa shape index (κ3) is 2.26. The first-order valence-electron chi connectivity index (χ1n) is 6.40. The molecule has 0 bridgehead atoms. The molecule has 0 aliphatic rings. The zero-order valence-electron chi connectivity index (χ0n) is 11.6. The minimum absolute atomic E-state index is 0.0607. The van der Waals surface area contributed by atoms with Crippen molar-refractivity contribution in [2.45, 2.75) is 6.92 Å². The fourth-order valence-electron chi connectivity index (χ4n) is 2.40. The van der Waals surface area contributed by atoms with Crippen LogP contribution >= 0.6 is 15.9 Å². The molecule has 6 heteroatoms. The number of terminal acetylenes is 1. The average molecular weight is 356 g/mol. The van der Waals surface area contributed by atoms with Crippen LogP contribution in [0.2, 0.25) is 0 Å². The molecule has 2 heterocycles. The summed E-state index contributed by atoms with van der Waals surface area (Å²) in [6, 6.07) is 6.63. The van der Waals surface area contributed by atoms with E-state index in [1.165, 1.54) is 12.1 Å². The normalized spacial score (nSPS) is 10.6. The maximum Gasteiger partial charge on any atom is 0.269 e. The van der Waals surface area contributed by atoms with Gasteiger partial charge in [-0.05, 0) is 40.5 Å². The Morgan fingerprint density at radius 1 is 1.41 bits per heavy atom. The molecule has 22 heavy (non-hydrogen) atoms. The lowest BCUT2D eigenvalue weighted by Gasteiger charge is -2.08. The van der Waals surface area contributed by atoms with E-state index in [1.807, 2.05) is 23.8 Å². The van der Waals surface area contributed by atoms with Gasteiger partial charge in [0.2, 0.25) is 0 Å². The molecule has 0 aliphatic heterocycles. The average Bonchev–Trinajstić information content (AvgIpc) is 2.84. The van der Waals surface area contributed by atoms with E-state index in [2.05, 4.69) is 26.8 Å². The highest BCUT2D eigenvalue weighted by Gasteiger charge is 2.14. The van der Waals surface area contributed by atoms with Crippen LogP contribution in [-0.4, -0.2) is 14.5 Å². The minimum Gasteiger partial charge on any atom is -0.300 e. The van der Waals surface area contributed by atoms with Gasteiger partial charge in [0.25, 0.3) is 5.69 Å². The molecule has 0 atom stereocenters. The van der Waals surface area contributed by atoms with Gasteiger partial charge in [-0.2, -0.15) is 0 Å². The molecule has 0 fully saturated rings. The monoisotopic (exact) mass is 355 g/mol. The lowest BCUT2D eigenvalue weighted by molar-refractivity contribution is -0.384. The number of fused-ring (bicyclic) bond motifs is 1. The van der Waals surface area contributed by atoms with Crippen LogP contribution < -0.4 is 0 Å². The van der Waals surface area contributed by atoms with Gasteiger partial charge in [0.15, 0.2) is 0 Å². The number of pyridine rings is 1. The number of hydrogen-bond donors (Lipinski definition) is 0. The fraction of sp³-hybridized carbons (Fsp3) is 0.0625. The summed E-state index contributed by atoms with van der Waals surface area (Å²) in [5.41, 5.74) is 3.09. The second-order valence-electron chi connectivity index (χ2n) is 4.81. The minimum atomic E-state index is -0.410. The maximum absolute atomic E-state index is 10.9. The standard InChI is InChI=1S/C16H10BrN3O2/c1-3-11-9-19(16-14(11)7-12(17)8-18-16)15-5-4-13(20(21)22)6-10(15)2/h1,4-9H,2H3. The summed E-state index contributed by atoms with van der Waals surface area (Å²) in [7, 11) is 0. The number of aryl methyl sites for hydroxylation is 1. The lowest BCUT2D eigenvalue weighted by Crippen LogP contribution is -1.98. The Morgan fingerprint density at radius 2 is 2.18 bits per heavy atom. The third-order valence-corrected chi connectivity index (χ3v) is 3.85. The highest BCUT2D eigenvalue weighted by Crippen LogP contribution is 2.28. The number of aromatic nitrogens is 2. The molecule has 3 aromatic rings. The van der Waals surface area contributed by atoms with Gasteiger partial charge in [-0.3, -0.25) is 14.7 Å². The topological polar surface area (TPSA) is 61.0 Å². The Balaban J connectivity index is 2.27. The van der Waals surface area contributed by atoms with Crippen molar-refractivity contribution in [1.29, 1.82) is 0 Å². The van der Waals surface area contributed by atoms with E-state index in [0.29, 0.717) is 5.65 Å². The third-order valence-electron chi connectivity index (χ3n) is 3.42. The van der Waals surface area contributed by atoms with Gasteiger partial charge in [0, 0.05) is 34.4 Å². The van der Waals surface area contributed by atoms with Crippen molar-refractivity contribution in [2.24, 2.45) is 0 Å². The van der Waals surface area contributed by atoms with E-state index in [4.69, 9.17) is 6.42 Å². The molecule has 1 aromatic carbocycles. The predicted molar refractivity (Wildman–Crippen MR) is 88.1 cm³/mol. The van der Waals surface area contributed by atoms with Gasteiger partial charge in [0.05, 0.1) is 16.2 Å². The van der Waals surface area contributed by atoms with E-state index in [0.717, 1.165) is 26.7 Å². The highest BCUT2D eigenvalue weighted by molar-refractivity contribution is 9.10. The van der Waals surface area contributed by atoms with Crippen molar-refractivity contribution in [2.75, 3.05) is 0 Å². The summed E-state index contributed by atoms with van der Waals surface area (Å²) in [6.45, 7) is 1.82. The van der Waals surface area contributed by atoms with Gasteiger partial charge in [-0.25, -0.2) is 4.98 Å². The van der Waals surface area contributed by atoms with E-state index in [9.17, 15) is 10.1 Å². The molecule has 0 spiro atoms. The first-order valence-corrected chi connectivity index (χ1v) is 7.19. The lowest BCUT2D eigenvalue weighted by atomic mass is 10.2. The maximum atomic E-state index is 10.9. The van der Waals surface area contributed by atoms with Crippen LogP contribution in [0.5, 0.6) is 0 Å². The first-order chi connectivity index (χ1) is 10.5. The summed E-state index contributed by atoms with van der Waals surface area (Å²) in [6.07, 6.45) is 9.08. The van der Waals surface area contributed by atoms with E-state index in [-0.39, 0.29) is 5.69 Å². The molecular weight excluding hydrogens is 346 g/mol. The van der Waals surface area contributed by atoms with Gasteiger partial charge in [-0.15, -0.1) is 6.42 Å². The number of rotatable bonds is 2. The number of halogens is 1. The largest absolute Gasteiger partial charge is 0.300 e. The fourth-order valence-corrected chi connectivity index (χ4v) is 2.74. The summed E-state index contributed by atoms with van der Waals surface area (Å²) >= 11 is 3.39. The van der Waals surface area contributed by atoms with Crippen molar-refractivity contribution in [3.63, 3.8) is 0 Å². The summed E-state index contributed by atoms with van der Waals surface area (Å²) in [5, 5.41) is 11.7. The van der Waals surface area contributed by atoms with Crippen LogP contribution in [0.1, 0.15) is 11.1 Å². The molecule has 0 unspecified atom stereocenters. The van der Waals surface area contributed by atoms with Crippen molar-refractivity contribution in [3.8, 4) is 18.0 Å². The number of nitro benzene ring substituents is 1. The second kappa shape index (κ2) is 5.28. The van der Waals surface area contributed by atoms with Crippen molar-refractivity contribution >= 4 is 32.7 Å². The van der Waals surface area contributed by atoms with Gasteiger partial charge in [-0.1, -0.05) is 5.92 Å². The second-order valence-corrected chi connectivity index (χ2v) is 5.73. The predicted octanol–water partition coefficient (Wildman–Crippen LogP) is 3.99. The molecule has 0 saturated carbocycles. The molecule has 0 N–H and O–H groups in total. The number of non-ortho nitro benzene ring substituents is 1. The number of hydrogen-bond acceptors (Lipinski definition) is 3. The van der Waals surface area contributed by atoms with Gasteiger partial charge in [0.1, 0.15) is 5.65 Å². The molecule has 0 amide bonds. The van der Waals surface area contributed by atoms with Crippen molar-refractivity contribution < 1.29 is 4.92 Å². The Hall–Kier alpha value is -2.65. The molecular formula is C16H10BrN3O2. The van der Waals surface area contributed by atoms with Crippen LogP contribution in [0.3, 0.4) is 0 Å². The molecule has 2 aromatic heterocycles. The van der Waals surface area contributed by atoms with Crippen molar-refractivity contribution in [3.05, 3.63) is 62.4 Å². The van der Waals surface area contributed by atoms with Crippen LogP contribution in [0, 0.1) is 29.4 Å². The van der Waals surface area contributed by atoms with Crippen LogP contribution in [0.15, 0.2) is 41.1 Å². The summed E-state index contributed by atoms with van der Waals surface area (Å²) in [4.78, 5) is 14.9. The smallest absolute Gasteiger partial charge is 0.269 e. The zero-order chi connectivity index (χ0) is 15.9. The number of nitro groups is 1. The molecule has 0 saturated heterocycles. The van der Waals surface area contributed by atoms with Crippen LogP contribution in [-0.2, 0) is 0 Å². The van der Waals surface area contributed by atoms with Gasteiger partial charge < -0.3 is 0 Å². The Labute approximate surface area is 134 Å². The molecule has 3 rings (SSSR count). The summed E-state index contributed by atoms with van der Waals surface area (Å²) < 4.78 is 2.70. The molecule has 0 aliphatic carbocycles. The Morgan fingerprint density at radius 3 is 2.82 bits per heavy atom. The molecule has 0 radical (unpaired) electrons. The number of benzene rings is 1. The van der Waals surface area contributed by atoms with E-state index < -0.39 is 4.92 Å². The molecule has 5 nitrogen and oxygen atoms in total. The quantitative estimate of drug-likeness (QED) is 0.396. The van der Waals surface area contributed by atoms with E-state index in [1.54, 1.807) is 12.3 Å². The first kappa shape index (κ1) is 14.3. The van der Waals surface area contributed by atoms with E-state index >= 15 is 0 Å².